The Morgan fingerprint density at radius 3 is 3.00 bits per heavy atom. The van der Waals surface area contributed by atoms with Crippen LogP contribution in [0.25, 0.3) is 0 Å². The quantitative estimate of drug-likeness (QED) is 0.824. The number of thioether (sulfide) groups is 1. The van der Waals surface area contributed by atoms with E-state index in [2.05, 4.69) is 15.5 Å². The average molecular weight is 329 g/mol. The molecule has 1 amide bonds. The minimum atomic E-state index is -0.0552. The van der Waals surface area contributed by atoms with Gasteiger partial charge in [0.1, 0.15) is 0 Å². The van der Waals surface area contributed by atoms with E-state index < -0.39 is 0 Å². The third kappa shape index (κ3) is 4.36. The first kappa shape index (κ1) is 15.1. The molecule has 0 fully saturated rings. The van der Waals surface area contributed by atoms with Gasteiger partial charge in [-0.2, -0.15) is 0 Å². The van der Waals surface area contributed by atoms with E-state index in [0.717, 1.165) is 15.6 Å². The number of nitrogens with zero attached hydrogens (tertiary/aromatic N) is 2. The Labute approximate surface area is 129 Å². The molecule has 1 aromatic heterocycles. The van der Waals surface area contributed by atoms with Crippen molar-refractivity contribution in [3.8, 4) is 0 Å². The van der Waals surface area contributed by atoms with Crippen LogP contribution in [0.2, 0.25) is 5.02 Å². The second-order valence-corrected chi connectivity index (χ2v) is 6.80. The van der Waals surface area contributed by atoms with Crippen molar-refractivity contribution in [2.45, 2.75) is 17.7 Å². The first-order valence-corrected chi connectivity index (χ1v) is 8.00. The zero-order chi connectivity index (χ0) is 14.5. The highest BCUT2D eigenvalue weighted by Gasteiger charge is 2.07. The largest absolute Gasteiger partial charge is 0.374 e. The van der Waals surface area contributed by atoms with Gasteiger partial charge in [-0.1, -0.05) is 40.8 Å². The summed E-state index contributed by atoms with van der Waals surface area (Å²) in [6.07, 6.45) is 0.385. The Morgan fingerprint density at radius 2 is 2.30 bits per heavy atom. The fourth-order valence-electron chi connectivity index (χ4n) is 1.45. The fourth-order valence-corrected chi connectivity index (χ4v) is 3.27. The number of nitrogens with two attached hydrogens (primary N) is 1. The molecule has 2 aromatic rings. The number of nitrogen functional groups attached to an aromatic ring is 1. The summed E-state index contributed by atoms with van der Waals surface area (Å²) in [5.41, 5.74) is 7.21. The van der Waals surface area contributed by atoms with Crippen LogP contribution in [0, 0.1) is 6.92 Å². The smallest absolute Gasteiger partial charge is 0.225 e. The molecule has 0 aliphatic heterocycles. The average Bonchev–Trinajstić information content (AvgIpc) is 2.80. The van der Waals surface area contributed by atoms with Crippen LogP contribution in [0.15, 0.2) is 22.5 Å². The second-order valence-electron chi connectivity index (χ2n) is 4.01. The van der Waals surface area contributed by atoms with Crippen LogP contribution < -0.4 is 11.1 Å². The molecule has 5 nitrogen and oxygen atoms in total. The monoisotopic (exact) mass is 328 g/mol. The van der Waals surface area contributed by atoms with Gasteiger partial charge in [0.05, 0.1) is 0 Å². The molecule has 0 aliphatic carbocycles. The number of carbonyl (C=O) groups is 1. The van der Waals surface area contributed by atoms with Crippen molar-refractivity contribution in [3.63, 3.8) is 0 Å². The number of halogens is 1. The molecule has 0 atom stereocenters. The summed E-state index contributed by atoms with van der Waals surface area (Å²) in [7, 11) is 0. The number of anilines is 2. The number of carbonyl (C=O) groups excluding carboxylic acids is 1. The van der Waals surface area contributed by atoms with Crippen LogP contribution >= 0.6 is 34.7 Å². The topological polar surface area (TPSA) is 80.9 Å². The number of aromatic nitrogens is 2. The van der Waals surface area contributed by atoms with E-state index in [1.165, 1.54) is 23.1 Å². The predicted octanol–water partition coefficient (Wildman–Crippen LogP) is 3.20. The first-order chi connectivity index (χ1) is 9.54. The van der Waals surface area contributed by atoms with Gasteiger partial charge in [0.2, 0.25) is 11.0 Å². The lowest BCUT2D eigenvalue weighted by molar-refractivity contribution is -0.115. The van der Waals surface area contributed by atoms with E-state index in [9.17, 15) is 4.79 Å². The molecule has 0 saturated carbocycles. The van der Waals surface area contributed by atoms with E-state index >= 15 is 0 Å². The summed E-state index contributed by atoms with van der Waals surface area (Å²) >= 11 is 8.69. The summed E-state index contributed by atoms with van der Waals surface area (Å²) < 4.78 is 0.772. The van der Waals surface area contributed by atoms with Crippen molar-refractivity contribution in [3.05, 3.63) is 28.8 Å². The van der Waals surface area contributed by atoms with E-state index in [4.69, 9.17) is 17.3 Å². The van der Waals surface area contributed by atoms with Gasteiger partial charge in [-0.3, -0.25) is 4.79 Å². The molecule has 1 heterocycles. The van der Waals surface area contributed by atoms with Crippen LogP contribution in [0.4, 0.5) is 10.8 Å². The van der Waals surface area contributed by atoms with Crippen molar-refractivity contribution in [2.75, 3.05) is 16.8 Å². The maximum atomic E-state index is 11.8. The molecule has 8 heteroatoms. The molecule has 106 valence electrons. The van der Waals surface area contributed by atoms with Crippen molar-refractivity contribution < 1.29 is 4.79 Å². The molecule has 0 aliphatic rings. The maximum Gasteiger partial charge on any atom is 0.225 e. The minimum Gasteiger partial charge on any atom is -0.374 e. The van der Waals surface area contributed by atoms with Gasteiger partial charge in [-0.05, 0) is 24.6 Å². The van der Waals surface area contributed by atoms with Gasteiger partial charge in [0.15, 0.2) is 4.34 Å². The van der Waals surface area contributed by atoms with Crippen molar-refractivity contribution in [1.29, 1.82) is 0 Å². The molecule has 0 bridgehead atoms. The number of aryl methyl sites for hydroxylation is 1. The van der Waals surface area contributed by atoms with Gasteiger partial charge in [0.25, 0.3) is 0 Å². The fraction of sp³-hybridized carbons (Fsp3) is 0.250. The third-order valence-corrected chi connectivity index (χ3v) is 4.57. The van der Waals surface area contributed by atoms with E-state index in [1.807, 2.05) is 13.0 Å². The van der Waals surface area contributed by atoms with Gasteiger partial charge in [-0.25, -0.2) is 0 Å². The second kappa shape index (κ2) is 6.92. The van der Waals surface area contributed by atoms with Crippen LogP contribution in [0.1, 0.15) is 12.0 Å². The Hall–Kier alpha value is -1.31. The lowest BCUT2D eigenvalue weighted by Crippen LogP contribution is -2.13. The third-order valence-electron chi connectivity index (χ3n) is 2.45. The number of amides is 1. The van der Waals surface area contributed by atoms with Gasteiger partial charge < -0.3 is 11.1 Å². The zero-order valence-corrected chi connectivity index (χ0v) is 13.1. The Morgan fingerprint density at radius 1 is 1.50 bits per heavy atom. The van der Waals surface area contributed by atoms with E-state index in [1.54, 1.807) is 12.1 Å². The summed E-state index contributed by atoms with van der Waals surface area (Å²) in [6, 6.07) is 5.41. The minimum absolute atomic E-state index is 0.0552. The molecule has 1 aromatic carbocycles. The van der Waals surface area contributed by atoms with Gasteiger partial charge in [0, 0.05) is 22.9 Å². The molecule has 0 saturated heterocycles. The molecule has 2 rings (SSSR count). The van der Waals surface area contributed by atoms with Crippen LogP contribution in [0.3, 0.4) is 0 Å². The number of rotatable bonds is 5. The first-order valence-electron chi connectivity index (χ1n) is 5.82. The maximum absolute atomic E-state index is 11.8. The molecular formula is C12H13ClN4OS2. The van der Waals surface area contributed by atoms with E-state index in [-0.39, 0.29) is 5.91 Å². The molecule has 0 radical (unpaired) electrons. The summed E-state index contributed by atoms with van der Waals surface area (Å²) in [6.45, 7) is 1.92. The normalized spacial score (nSPS) is 10.5. The molecule has 3 N–H and O–H groups in total. The summed E-state index contributed by atoms with van der Waals surface area (Å²) in [4.78, 5) is 11.8. The lowest BCUT2D eigenvalue weighted by atomic mass is 10.2. The highest BCUT2D eigenvalue weighted by Crippen LogP contribution is 2.24. The van der Waals surface area contributed by atoms with Crippen LogP contribution in [-0.4, -0.2) is 21.9 Å². The van der Waals surface area contributed by atoms with Crippen LogP contribution in [-0.2, 0) is 4.79 Å². The SMILES string of the molecule is Cc1ccc(Cl)cc1NC(=O)CCSc1nnc(N)s1. The van der Waals surface area contributed by atoms with Crippen LogP contribution in [0.5, 0.6) is 0 Å². The van der Waals surface area contributed by atoms with Gasteiger partial charge in [-0.15, -0.1) is 10.2 Å². The van der Waals surface area contributed by atoms with Crippen molar-refractivity contribution in [1.82, 2.24) is 10.2 Å². The Kier molecular flexibility index (Phi) is 5.22. The Bertz CT molecular complexity index is 617. The lowest BCUT2D eigenvalue weighted by Gasteiger charge is -2.08. The predicted molar refractivity (Wildman–Crippen MR) is 84.5 cm³/mol. The highest BCUT2D eigenvalue weighted by atomic mass is 35.5. The number of hydrogen-bond acceptors (Lipinski definition) is 6. The number of hydrogen-bond donors (Lipinski definition) is 2. The molecule has 20 heavy (non-hydrogen) atoms. The summed E-state index contributed by atoms with van der Waals surface area (Å²) in [5, 5.41) is 11.5. The van der Waals surface area contributed by atoms with Crippen molar-refractivity contribution >= 4 is 51.4 Å². The van der Waals surface area contributed by atoms with Crippen molar-refractivity contribution in [2.24, 2.45) is 0 Å². The Balaban J connectivity index is 1.82. The molecule has 0 unspecified atom stereocenters. The zero-order valence-electron chi connectivity index (χ0n) is 10.7. The summed E-state index contributed by atoms with van der Waals surface area (Å²) in [5.74, 6) is 0.570. The number of nitrogens with one attached hydrogen (secondary N) is 1. The molecular weight excluding hydrogens is 316 g/mol. The van der Waals surface area contributed by atoms with E-state index in [0.29, 0.717) is 22.3 Å². The molecule has 0 spiro atoms. The number of benzene rings is 1. The highest BCUT2D eigenvalue weighted by molar-refractivity contribution is 8.01. The van der Waals surface area contributed by atoms with Gasteiger partial charge >= 0.3 is 0 Å². The standard InChI is InChI=1S/C12H13ClN4OS2/c1-7-2-3-8(13)6-9(7)15-10(18)4-5-19-12-17-16-11(14)20-12/h2-3,6H,4-5H2,1H3,(H2,14,16)(H,15,18).